The molecule has 0 spiro atoms. The Morgan fingerprint density at radius 2 is 2.00 bits per heavy atom. The molecule has 7 heteroatoms. The molecule has 17 heavy (non-hydrogen) atoms. The van der Waals surface area contributed by atoms with Crippen LogP contribution in [-0.4, -0.2) is 38.0 Å². The number of aliphatic hydroxyl groups excluding tert-OH is 1. The van der Waals surface area contributed by atoms with Crippen LogP contribution in [-0.2, 0) is 19.4 Å². The van der Waals surface area contributed by atoms with E-state index in [0.29, 0.717) is 0 Å². The van der Waals surface area contributed by atoms with E-state index in [2.05, 4.69) is 4.74 Å². The first-order chi connectivity index (χ1) is 7.77. The minimum absolute atomic E-state index is 0.0572. The molecule has 0 bridgehead atoms. The van der Waals surface area contributed by atoms with Crippen molar-refractivity contribution in [1.29, 1.82) is 0 Å². The van der Waals surface area contributed by atoms with E-state index >= 15 is 0 Å². The van der Waals surface area contributed by atoms with Crippen molar-refractivity contribution in [3.05, 3.63) is 23.8 Å². The van der Waals surface area contributed by atoms with Crippen molar-refractivity contribution >= 4 is 15.8 Å². The predicted octanol–water partition coefficient (Wildman–Crippen LogP) is 0.00210. The van der Waals surface area contributed by atoms with E-state index < -0.39 is 27.7 Å². The first kappa shape index (κ1) is 13.5. The highest BCUT2D eigenvalue weighted by atomic mass is 32.2. The molecule has 1 unspecified atom stereocenters. The van der Waals surface area contributed by atoms with Gasteiger partial charge in [0.25, 0.3) is 0 Å². The van der Waals surface area contributed by atoms with Gasteiger partial charge in [0.05, 0.1) is 7.11 Å². The summed E-state index contributed by atoms with van der Waals surface area (Å²) in [6.45, 7) is 0. The van der Waals surface area contributed by atoms with E-state index in [1.807, 2.05) is 0 Å². The van der Waals surface area contributed by atoms with E-state index in [1.54, 1.807) is 0 Å². The van der Waals surface area contributed by atoms with Crippen molar-refractivity contribution in [3.63, 3.8) is 0 Å². The maximum Gasteiger partial charge on any atom is 0.339 e. The number of aliphatic hydroxyl groups is 1. The number of carbonyl (C=O) groups excluding carboxylic acids is 1. The second kappa shape index (κ2) is 4.72. The Hall–Kier alpha value is -1.60. The lowest BCUT2D eigenvalue weighted by Crippen LogP contribution is -2.13. The standard InChI is InChI=1S/C10H12O6S/c1-16-10(13)9(12)6-3-4-8(7(11)5-6)17(2,14)15/h3-5,9,11-12H,1-2H3. The SMILES string of the molecule is COC(=O)C(O)c1ccc(S(C)(=O)=O)c(O)c1. The summed E-state index contributed by atoms with van der Waals surface area (Å²) in [5.74, 6) is -1.41. The summed E-state index contributed by atoms with van der Waals surface area (Å²) in [4.78, 5) is 10.8. The van der Waals surface area contributed by atoms with Crippen LogP contribution >= 0.6 is 0 Å². The number of ether oxygens (including phenoxy) is 1. The quantitative estimate of drug-likeness (QED) is 0.742. The molecule has 0 heterocycles. The number of aromatic hydroxyl groups is 1. The van der Waals surface area contributed by atoms with Gasteiger partial charge in [-0.25, -0.2) is 13.2 Å². The van der Waals surface area contributed by atoms with Crippen molar-refractivity contribution in [2.24, 2.45) is 0 Å². The monoisotopic (exact) mass is 260 g/mol. The van der Waals surface area contributed by atoms with Gasteiger partial charge in [0.15, 0.2) is 15.9 Å². The third-order valence-electron chi connectivity index (χ3n) is 2.12. The molecule has 0 aliphatic rings. The Labute approximate surface area is 98.4 Å². The fraction of sp³-hybridized carbons (Fsp3) is 0.300. The number of phenols is 1. The lowest BCUT2D eigenvalue weighted by atomic mass is 10.1. The molecular weight excluding hydrogens is 248 g/mol. The molecule has 1 rings (SSSR count). The number of carbonyl (C=O) groups is 1. The third kappa shape index (κ3) is 2.95. The summed E-state index contributed by atoms with van der Waals surface area (Å²) in [5.41, 5.74) is 0.0572. The molecule has 0 aliphatic carbocycles. The number of benzene rings is 1. The molecule has 0 radical (unpaired) electrons. The zero-order valence-corrected chi connectivity index (χ0v) is 10.1. The summed E-state index contributed by atoms with van der Waals surface area (Å²) < 4.78 is 26.7. The number of hydrogen-bond donors (Lipinski definition) is 2. The highest BCUT2D eigenvalue weighted by Gasteiger charge is 2.21. The van der Waals surface area contributed by atoms with Crippen LogP contribution in [0.25, 0.3) is 0 Å². The van der Waals surface area contributed by atoms with Crippen LogP contribution < -0.4 is 0 Å². The van der Waals surface area contributed by atoms with Gasteiger partial charge in [0.2, 0.25) is 0 Å². The molecule has 0 aliphatic heterocycles. The van der Waals surface area contributed by atoms with Crippen molar-refractivity contribution in [2.75, 3.05) is 13.4 Å². The number of phenolic OH excluding ortho intramolecular Hbond substituents is 1. The number of esters is 1. The summed E-state index contributed by atoms with van der Waals surface area (Å²) in [6, 6.07) is 3.36. The molecule has 0 amide bonds. The minimum Gasteiger partial charge on any atom is -0.507 e. The van der Waals surface area contributed by atoms with Crippen molar-refractivity contribution in [2.45, 2.75) is 11.0 Å². The van der Waals surface area contributed by atoms with Gasteiger partial charge in [0.1, 0.15) is 10.6 Å². The first-order valence-electron chi connectivity index (χ1n) is 4.56. The van der Waals surface area contributed by atoms with Crippen molar-refractivity contribution < 1.29 is 28.2 Å². The molecule has 1 aromatic rings. The predicted molar refractivity (Wildman–Crippen MR) is 58.2 cm³/mol. The van der Waals surface area contributed by atoms with E-state index in [-0.39, 0.29) is 10.5 Å². The number of hydrogen-bond acceptors (Lipinski definition) is 6. The van der Waals surface area contributed by atoms with Gasteiger partial charge in [0, 0.05) is 6.26 Å². The molecule has 1 atom stereocenters. The summed E-state index contributed by atoms with van der Waals surface area (Å²) in [6.07, 6.45) is -0.613. The topological polar surface area (TPSA) is 101 Å². The molecule has 0 saturated heterocycles. The lowest BCUT2D eigenvalue weighted by molar-refractivity contribution is -0.150. The smallest absolute Gasteiger partial charge is 0.339 e. The molecule has 2 N–H and O–H groups in total. The number of methoxy groups -OCH3 is 1. The van der Waals surface area contributed by atoms with Gasteiger partial charge in [-0.15, -0.1) is 0 Å². The average molecular weight is 260 g/mol. The van der Waals surface area contributed by atoms with E-state index in [1.165, 1.54) is 6.07 Å². The molecule has 0 saturated carbocycles. The first-order valence-corrected chi connectivity index (χ1v) is 6.45. The minimum atomic E-state index is -3.55. The molecule has 1 aromatic carbocycles. The van der Waals surface area contributed by atoms with Crippen LogP contribution in [0.4, 0.5) is 0 Å². The highest BCUT2D eigenvalue weighted by molar-refractivity contribution is 7.90. The molecule has 6 nitrogen and oxygen atoms in total. The normalized spacial score (nSPS) is 13.1. The Bertz CT molecular complexity index is 534. The largest absolute Gasteiger partial charge is 0.507 e. The van der Waals surface area contributed by atoms with Crippen LogP contribution in [0.1, 0.15) is 11.7 Å². The number of rotatable bonds is 3. The Balaban J connectivity index is 3.18. The summed E-state index contributed by atoms with van der Waals surface area (Å²) >= 11 is 0. The Morgan fingerprint density at radius 1 is 1.41 bits per heavy atom. The van der Waals surface area contributed by atoms with E-state index in [0.717, 1.165) is 25.5 Å². The van der Waals surface area contributed by atoms with Crippen LogP contribution in [0.2, 0.25) is 0 Å². The fourth-order valence-corrected chi connectivity index (χ4v) is 2.02. The maximum absolute atomic E-state index is 11.2. The third-order valence-corrected chi connectivity index (χ3v) is 3.27. The zero-order chi connectivity index (χ0) is 13.2. The van der Waals surface area contributed by atoms with Crippen LogP contribution in [0.5, 0.6) is 5.75 Å². The van der Waals surface area contributed by atoms with Gasteiger partial charge in [-0.3, -0.25) is 0 Å². The van der Waals surface area contributed by atoms with Crippen LogP contribution in [0.15, 0.2) is 23.1 Å². The van der Waals surface area contributed by atoms with Crippen LogP contribution in [0.3, 0.4) is 0 Å². The Morgan fingerprint density at radius 3 is 2.41 bits per heavy atom. The summed E-state index contributed by atoms with van der Waals surface area (Å²) in [5, 5.41) is 19.0. The molecular formula is C10H12O6S. The van der Waals surface area contributed by atoms with Gasteiger partial charge in [-0.1, -0.05) is 6.07 Å². The molecule has 0 aromatic heterocycles. The number of sulfone groups is 1. The molecule has 0 fully saturated rings. The van der Waals surface area contributed by atoms with Gasteiger partial charge < -0.3 is 14.9 Å². The summed E-state index contributed by atoms with van der Waals surface area (Å²) in [7, 11) is -2.44. The van der Waals surface area contributed by atoms with Crippen molar-refractivity contribution in [3.8, 4) is 5.75 Å². The van der Waals surface area contributed by atoms with Crippen molar-refractivity contribution in [1.82, 2.24) is 0 Å². The van der Waals surface area contributed by atoms with E-state index in [9.17, 15) is 23.4 Å². The van der Waals surface area contributed by atoms with Gasteiger partial charge in [-0.2, -0.15) is 0 Å². The lowest BCUT2D eigenvalue weighted by Gasteiger charge is -2.10. The maximum atomic E-state index is 11.2. The van der Waals surface area contributed by atoms with E-state index in [4.69, 9.17) is 0 Å². The average Bonchev–Trinajstić information content (AvgIpc) is 2.25. The fourth-order valence-electron chi connectivity index (χ4n) is 1.27. The highest BCUT2D eigenvalue weighted by Crippen LogP contribution is 2.26. The van der Waals surface area contributed by atoms with Gasteiger partial charge >= 0.3 is 5.97 Å². The van der Waals surface area contributed by atoms with Gasteiger partial charge in [-0.05, 0) is 17.7 Å². The second-order valence-electron chi connectivity index (χ2n) is 3.43. The second-order valence-corrected chi connectivity index (χ2v) is 5.41. The Kier molecular flexibility index (Phi) is 3.74. The zero-order valence-electron chi connectivity index (χ0n) is 9.25. The molecule has 94 valence electrons. The van der Waals surface area contributed by atoms with Crippen LogP contribution in [0, 0.1) is 0 Å².